The smallest absolute Gasteiger partial charge is 0.356 e. The second kappa shape index (κ2) is 2.53. The summed E-state index contributed by atoms with van der Waals surface area (Å²) in [6, 6.07) is 0. The summed E-state index contributed by atoms with van der Waals surface area (Å²) in [4.78, 5) is 34.7. The number of aromatic amines is 2. The van der Waals surface area contributed by atoms with E-state index >= 15 is 0 Å². The normalized spacial score (nSPS) is 9.67. The van der Waals surface area contributed by atoms with Crippen molar-refractivity contribution in [2.75, 3.05) is 0 Å². The van der Waals surface area contributed by atoms with Crippen LogP contribution in [0.15, 0.2) is 9.59 Å². The third kappa shape index (κ3) is 1.19. The van der Waals surface area contributed by atoms with Crippen molar-refractivity contribution in [3.05, 3.63) is 26.5 Å². The van der Waals surface area contributed by atoms with Gasteiger partial charge in [-0.3, -0.25) is 14.8 Å². The monoisotopic (exact) mass is 172 g/mol. The van der Waals surface area contributed by atoms with E-state index < -0.39 is 28.7 Å². The van der Waals surface area contributed by atoms with Crippen LogP contribution in [-0.2, 0) is 0 Å². The van der Waals surface area contributed by atoms with Crippen LogP contribution >= 0.6 is 0 Å². The maximum atomic E-state index is 10.6. The van der Waals surface area contributed by atoms with E-state index in [9.17, 15) is 14.4 Å². The lowest BCUT2D eigenvalue weighted by Gasteiger charge is -1.94. The van der Waals surface area contributed by atoms with Gasteiger partial charge in [0.1, 0.15) is 0 Å². The van der Waals surface area contributed by atoms with Crippen molar-refractivity contribution in [1.29, 1.82) is 0 Å². The lowest BCUT2D eigenvalue weighted by molar-refractivity contribution is 0.0686. The van der Waals surface area contributed by atoms with Crippen molar-refractivity contribution in [1.82, 2.24) is 9.97 Å². The highest BCUT2D eigenvalue weighted by atomic mass is 16.4. The molecule has 0 saturated heterocycles. The van der Waals surface area contributed by atoms with E-state index in [-0.39, 0.29) is 0 Å². The molecule has 12 heavy (non-hydrogen) atoms. The molecule has 1 rings (SSSR count). The zero-order valence-electron chi connectivity index (χ0n) is 5.62. The van der Waals surface area contributed by atoms with Gasteiger partial charge < -0.3 is 10.2 Å². The summed E-state index contributed by atoms with van der Waals surface area (Å²) >= 11 is 0. The summed E-state index contributed by atoms with van der Waals surface area (Å²) in [7, 11) is 0. The van der Waals surface area contributed by atoms with Crippen LogP contribution < -0.4 is 11.2 Å². The zero-order valence-corrected chi connectivity index (χ0v) is 5.62. The number of carbonyl (C=O) groups is 1. The maximum absolute atomic E-state index is 10.6. The van der Waals surface area contributed by atoms with E-state index in [2.05, 4.69) is 0 Å². The van der Waals surface area contributed by atoms with Crippen LogP contribution in [-0.4, -0.2) is 26.2 Å². The van der Waals surface area contributed by atoms with Crippen LogP contribution in [0.1, 0.15) is 10.5 Å². The molecule has 64 valence electrons. The summed E-state index contributed by atoms with van der Waals surface area (Å²) < 4.78 is 0. The molecule has 1 aromatic heterocycles. The highest BCUT2D eigenvalue weighted by molar-refractivity contribution is 5.87. The first-order valence-electron chi connectivity index (χ1n) is 2.81. The third-order valence-electron chi connectivity index (χ3n) is 1.13. The van der Waals surface area contributed by atoms with Crippen LogP contribution in [0, 0.1) is 0 Å². The van der Waals surface area contributed by atoms with Gasteiger partial charge in [-0.2, -0.15) is 0 Å². The molecule has 0 saturated carbocycles. The van der Waals surface area contributed by atoms with Crippen LogP contribution in [0.4, 0.5) is 0 Å². The molecule has 1 aromatic rings. The molecule has 1 heterocycles. The van der Waals surface area contributed by atoms with E-state index in [1.807, 2.05) is 0 Å². The first-order chi connectivity index (χ1) is 5.52. The summed E-state index contributed by atoms with van der Waals surface area (Å²) in [6.07, 6.45) is 0. The number of carboxylic acid groups (broad SMARTS) is 1. The molecule has 0 unspecified atom stereocenters. The molecule has 0 spiro atoms. The number of aromatic nitrogens is 2. The molecule has 4 N–H and O–H groups in total. The number of nitrogens with one attached hydrogen (secondary N) is 2. The van der Waals surface area contributed by atoms with Crippen LogP contribution in [0.2, 0.25) is 0 Å². The average molecular weight is 172 g/mol. The Kier molecular flexibility index (Phi) is 1.70. The fraction of sp³-hybridized carbons (Fsp3) is 0. The first-order valence-corrected chi connectivity index (χ1v) is 2.81. The molecule has 7 heteroatoms. The van der Waals surface area contributed by atoms with Gasteiger partial charge in [0, 0.05) is 0 Å². The number of aromatic hydroxyl groups is 1. The first kappa shape index (κ1) is 8.05. The SMILES string of the molecule is O=C(O)c1[nH]c(=O)[nH]c(=O)c1O. The number of H-pyrrole nitrogens is 2. The van der Waals surface area contributed by atoms with Crippen molar-refractivity contribution in [3.8, 4) is 5.75 Å². The third-order valence-corrected chi connectivity index (χ3v) is 1.13. The van der Waals surface area contributed by atoms with Crippen molar-refractivity contribution >= 4 is 5.97 Å². The van der Waals surface area contributed by atoms with Crippen LogP contribution in [0.5, 0.6) is 5.75 Å². The Bertz CT molecular complexity index is 428. The predicted octanol–water partition coefficient (Wildman–Crippen LogP) is -1.53. The van der Waals surface area contributed by atoms with Crippen LogP contribution in [0.3, 0.4) is 0 Å². The standard InChI is InChI=1S/C5H4N2O5/c8-2-1(4(10)11)6-5(12)7-3(2)9/h8H,(H,10,11)(H2,6,7,9,12). The van der Waals surface area contributed by atoms with E-state index in [0.717, 1.165) is 0 Å². The van der Waals surface area contributed by atoms with Gasteiger partial charge in [-0.25, -0.2) is 9.59 Å². The fourth-order valence-corrected chi connectivity index (χ4v) is 0.635. The van der Waals surface area contributed by atoms with Crippen molar-refractivity contribution in [3.63, 3.8) is 0 Å². The molecular weight excluding hydrogens is 168 g/mol. The minimum Gasteiger partial charge on any atom is -0.501 e. The highest BCUT2D eigenvalue weighted by Crippen LogP contribution is 2.02. The van der Waals surface area contributed by atoms with Gasteiger partial charge >= 0.3 is 11.7 Å². The van der Waals surface area contributed by atoms with Crippen molar-refractivity contribution in [2.24, 2.45) is 0 Å². The molecule has 0 amide bonds. The number of hydrogen-bond donors (Lipinski definition) is 4. The minimum absolute atomic E-state index is 0.816. The molecule has 0 radical (unpaired) electrons. The Morgan fingerprint density at radius 1 is 1.25 bits per heavy atom. The molecule has 0 atom stereocenters. The van der Waals surface area contributed by atoms with E-state index in [1.165, 1.54) is 0 Å². The van der Waals surface area contributed by atoms with Gasteiger partial charge in [0.15, 0.2) is 5.69 Å². The predicted molar refractivity (Wildman–Crippen MR) is 36.3 cm³/mol. The van der Waals surface area contributed by atoms with Crippen molar-refractivity contribution in [2.45, 2.75) is 0 Å². The second-order valence-electron chi connectivity index (χ2n) is 1.94. The number of rotatable bonds is 1. The molecule has 7 nitrogen and oxygen atoms in total. The number of hydrogen-bond acceptors (Lipinski definition) is 4. The zero-order chi connectivity index (χ0) is 9.30. The van der Waals surface area contributed by atoms with E-state index in [0.29, 0.717) is 0 Å². The Morgan fingerprint density at radius 3 is 2.33 bits per heavy atom. The quantitative estimate of drug-likeness (QED) is 0.409. The van der Waals surface area contributed by atoms with Gasteiger partial charge in [-0.05, 0) is 0 Å². The van der Waals surface area contributed by atoms with Gasteiger partial charge in [-0.1, -0.05) is 0 Å². The maximum Gasteiger partial charge on any atom is 0.356 e. The summed E-state index contributed by atoms with van der Waals surface area (Å²) in [5, 5.41) is 17.1. The molecule has 0 aromatic carbocycles. The molecule has 0 aliphatic rings. The molecule has 0 aliphatic heterocycles. The molecule has 0 bridgehead atoms. The minimum atomic E-state index is -1.57. The summed E-state index contributed by atoms with van der Waals surface area (Å²) in [5.41, 5.74) is -2.92. The average Bonchev–Trinajstić information content (AvgIpc) is 1.96. The molecule has 0 aliphatic carbocycles. The lowest BCUT2D eigenvalue weighted by Crippen LogP contribution is -2.25. The van der Waals surface area contributed by atoms with Gasteiger partial charge in [0.25, 0.3) is 5.56 Å². The molecular formula is C5H4N2O5. The van der Waals surface area contributed by atoms with Gasteiger partial charge in [0.05, 0.1) is 0 Å². The van der Waals surface area contributed by atoms with E-state index in [4.69, 9.17) is 10.2 Å². The Balaban J connectivity index is 3.59. The second-order valence-corrected chi connectivity index (χ2v) is 1.94. The number of carboxylic acids is 1. The van der Waals surface area contributed by atoms with Crippen LogP contribution in [0.25, 0.3) is 0 Å². The van der Waals surface area contributed by atoms with E-state index in [1.54, 1.807) is 9.97 Å². The van der Waals surface area contributed by atoms with Gasteiger partial charge in [0.2, 0.25) is 5.75 Å². The molecule has 0 fully saturated rings. The topological polar surface area (TPSA) is 123 Å². The van der Waals surface area contributed by atoms with Gasteiger partial charge in [-0.15, -0.1) is 0 Å². The highest BCUT2D eigenvalue weighted by Gasteiger charge is 2.13. The summed E-state index contributed by atoms with van der Waals surface area (Å²) in [5.74, 6) is -2.59. The Morgan fingerprint density at radius 2 is 1.83 bits per heavy atom. The Labute approximate surface area is 64.3 Å². The Hall–Kier alpha value is -2.05. The summed E-state index contributed by atoms with van der Waals surface area (Å²) in [6.45, 7) is 0. The largest absolute Gasteiger partial charge is 0.501 e. The fourth-order valence-electron chi connectivity index (χ4n) is 0.635. The lowest BCUT2D eigenvalue weighted by atomic mass is 10.4. The number of aromatic carboxylic acids is 1. The van der Waals surface area contributed by atoms with Crippen molar-refractivity contribution < 1.29 is 15.0 Å².